The molecule has 7 heteroatoms. The Morgan fingerprint density at radius 2 is 1.72 bits per heavy atom. The third kappa shape index (κ3) is 7.26. The van der Waals surface area contributed by atoms with E-state index in [0.717, 1.165) is 55.2 Å². The van der Waals surface area contributed by atoms with Gasteiger partial charge in [0, 0.05) is 62.8 Å². The minimum Gasteiger partial charge on any atom is -0.463 e. The molecule has 2 aromatic carbocycles. The maximum Gasteiger partial charge on any atom is 0.330 e. The lowest BCUT2D eigenvalue weighted by molar-refractivity contribution is -0.137. The number of amides is 1. The number of nitrogens with one attached hydrogen (secondary N) is 1. The lowest BCUT2D eigenvalue weighted by Crippen LogP contribution is -2.46. The summed E-state index contributed by atoms with van der Waals surface area (Å²) in [6.07, 6.45) is 4.96. The minimum atomic E-state index is -0.359. The number of carbonyl (C=O) groups is 2. The number of benzene rings is 2. The van der Waals surface area contributed by atoms with Crippen LogP contribution in [0.5, 0.6) is 0 Å². The van der Waals surface area contributed by atoms with E-state index in [-0.39, 0.29) is 11.9 Å². The SMILES string of the molecule is CCOC(=O)C=Cc1ccc(CNC(=O)c2ccc(N3CCN(Cc4ccccn4)CC3)cc2)cc1. The van der Waals surface area contributed by atoms with Crippen molar-refractivity contribution in [3.05, 3.63) is 101 Å². The van der Waals surface area contributed by atoms with Gasteiger partial charge in [0.05, 0.1) is 12.3 Å². The molecule has 1 amide bonds. The first-order valence-corrected chi connectivity index (χ1v) is 12.3. The van der Waals surface area contributed by atoms with E-state index in [4.69, 9.17) is 4.74 Å². The number of aromatic nitrogens is 1. The van der Waals surface area contributed by atoms with Crippen molar-refractivity contribution in [3.63, 3.8) is 0 Å². The second kappa shape index (κ2) is 12.7. The van der Waals surface area contributed by atoms with Crippen LogP contribution in [0.1, 0.15) is 34.1 Å². The zero-order valence-electron chi connectivity index (χ0n) is 20.6. The first kappa shape index (κ1) is 25.1. The van der Waals surface area contributed by atoms with Crippen LogP contribution in [0.3, 0.4) is 0 Å². The Labute approximate surface area is 212 Å². The Kier molecular flexibility index (Phi) is 8.83. The van der Waals surface area contributed by atoms with Crippen LogP contribution in [0.25, 0.3) is 6.08 Å². The van der Waals surface area contributed by atoms with E-state index in [0.29, 0.717) is 18.7 Å². The van der Waals surface area contributed by atoms with E-state index in [9.17, 15) is 9.59 Å². The highest BCUT2D eigenvalue weighted by atomic mass is 16.5. The molecular weight excluding hydrogens is 452 g/mol. The van der Waals surface area contributed by atoms with Crippen molar-refractivity contribution >= 4 is 23.6 Å². The monoisotopic (exact) mass is 484 g/mol. The van der Waals surface area contributed by atoms with Gasteiger partial charge in [-0.15, -0.1) is 0 Å². The highest BCUT2D eigenvalue weighted by molar-refractivity contribution is 5.94. The first-order chi connectivity index (χ1) is 17.6. The molecule has 1 saturated heterocycles. The quantitative estimate of drug-likeness (QED) is 0.367. The molecule has 0 atom stereocenters. The van der Waals surface area contributed by atoms with Crippen LogP contribution < -0.4 is 10.2 Å². The van der Waals surface area contributed by atoms with Crippen LogP contribution in [-0.4, -0.2) is 54.5 Å². The molecule has 4 rings (SSSR count). The summed E-state index contributed by atoms with van der Waals surface area (Å²) in [7, 11) is 0. The van der Waals surface area contributed by atoms with Crippen LogP contribution in [0, 0.1) is 0 Å². The van der Waals surface area contributed by atoms with Gasteiger partial charge in [0.2, 0.25) is 0 Å². The summed E-state index contributed by atoms with van der Waals surface area (Å²) in [5.41, 5.74) is 4.75. The number of carbonyl (C=O) groups excluding carboxylic acids is 2. The highest BCUT2D eigenvalue weighted by Crippen LogP contribution is 2.18. The van der Waals surface area contributed by atoms with E-state index in [1.807, 2.05) is 66.9 Å². The molecule has 1 fully saturated rings. The normalized spacial score (nSPS) is 14.1. The second-order valence-electron chi connectivity index (χ2n) is 8.64. The maximum atomic E-state index is 12.6. The predicted octanol–water partition coefficient (Wildman–Crippen LogP) is 3.91. The minimum absolute atomic E-state index is 0.104. The van der Waals surface area contributed by atoms with Crippen molar-refractivity contribution < 1.29 is 14.3 Å². The highest BCUT2D eigenvalue weighted by Gasteiger charge is 2.18. The fourth-order valence-corrected chi connectivity index (χ4v) is 4.09. The summed E-state index contributed by atoms with van der Waals surface area (Å²) >= 11 is 0. The van der Waals surface area contributed by atoms with Crippen molar-refractivity contribution in [2.45, 2.75) is 20.0 Å². The Bertz CT molecular complexity index is 1150. The van der Waals surface area contributed by atoms with Gasteiger partial charge in [0.25, 0.3) is 5.91 Å². The van der Waals surface area contributed by atoms with Crippen LogP contribution in [0.15, 0.2) is 79.0 Å². The van der Waals surface area contributed by atoms with Gasteiger partial charge < -0.3 is 15.0 Å². The molecule has 0 bridgehead atoms. The van der Waals surface area contributed by atoms with Gasteiger partial charge in [0.1, 0.15) is 0 Å². The fraction of sp³-hybridized carbons (Fsp3) is 0.276. The molecule has 1 aliphatic heterocycles. The zero-order chi connectivity index (χ0) is 25.2. The van der Waals surface area contributed by atoms with Crippen molar-refractivity contribution in [2.24, 2.45) is 0 Å². The molecule has 0 unspecified atom stereocenters. The Hall–Kier alpha value is -3.97. The standard InChI is InChI=1S/C29H32N4O3/c1-2-36-28(34)15-10-23-6-8-24(9-7-23)21-31-29(35)25-11-13-27(14-12-25)33-19-17-32(18-20-33)22-26-5-3-4-16-30-26/h3-16H,2,17-22H2,1H3,(H,31,35). The molecule has 1 N–H and O–H groups in total. The van der Waals surface area contributed by atoms with E-state index < -0.39 is 0 Å². The molecule has 3 aromatic rings. The number of ether oxygens (including phenoxy) is 1. The number of nitrogens with zero attached hydrogens (tertiary/aromatic N) is 3. The summed E-state index contributed by atoms with van der Waals surface area (Å²) in [6, 6.07) is 21.5. The van der Waals surface area contributed by atoms with Gasteiger partial charge >= 0.3 is 5.97 Å². The average molecular weight is 485 g/mol. The molecule has 7 nitrogen and oxygen atoms in total. The Morgan fingerprint density at radius 1 is 0.972 bits per heavy atom. The molecule has 0 aliphatic carbocycles. The smallest absolute Gasteiger partial charge is 0.330 e. The summed E-state index contributed by atoms with van der Waals surface area (Å²) in [4.78, 5) is 33.2. The lowest BCUT2D eigenvalue weighted by Gasteiger charge is -2.36. The van der Waals surface area contributed by atoms with Crippen LogP contribution >= 0.6 is 0 Å². The Balaban J connectivity index is 1.23. The molecule has 2 heterocycles. The van der Waals surface area contributed by atoms with Gasteiger partial charge in [-0.25, -0.2) is 4.79 Å². The molecule has 0 radical (unpaired) electrons. The summed E-state index contributed by atoms with van der Waals surface area (Å²) in [5.74, 6) is -0.462. The molecule has 1 aliphatic rings. The van der Waals surface area contributed by atoms with Crippen LogP contribution in [0.4, 0.5) is 5.69 Å². The lowest BCUT2D eigenvalue weighted by atomic mass is 10.1. The van der Waals surface area contributed by atoms with Gasteiger partial charge in [-0.05, 0) is 60.5 Å². The molecule has 1 aromatic heterocycles. The van der Waals surface area contributed by atoms with Crippen molar-refractivity contribution in [1.82, 2.24) is 15.2 Å². The largest absolute Gasteiger partial charge is 0.463 e. The van der Waals surface area contributed by atoms with Crippen molar-refractivity contribution in [3.8, 4) is 0 Å². The van der Waals surface area contributed by atoms with E-state index >= 15 is 0 Å². The summed E-state index contributed by atoms with van der Waals surface area (Å²) in [5, 5.41) is 2.97. The summed E-state index contributed by atoms with van der Waals surface area (Å²) in [6.45, 7) is 7.30. The number of hydrogen-bond donors (Lipinski definition) is 1. The number of anilines is 1. The van der Waals surface area contributed by atoms with Gasteiger partial charge in [-0.2, -0.15) is 0 Å². The van der Waals surface area contributed by atoms with Crippen molar-refractivity contribution in [1.29, 1.82) is 0 Å². The molecular formula is C29H32N4O3. The number of rotatable bonds is 9. The Morgan fingerprint density at radius 3 is 2.39 bits per heavy atom. The third-order valence-corrected chi connectivity index (χ3v) is 6.11. The topological polar surface area (TPSA) is 74.8 Å². The number of hydrogen-bond acceptors (Lipinski definition) is 6. The first-order valence-electron chi connectivity index (χ1n) is 12.3. The summed E-state index contributed by atoms with van der Waals surface area (Å²) < 4.78 is 4.88. The third-order valence-electron chi connectivity index (χ3n) is 6.11. The maximum absolute atomic E-state index is 12.6. The van der Waals surface area contributed by atoms with Crippen molar-refractivity contribution in [2.75, 3.05) is 37.7 Å². The van der Waals surface area contributed by atoms with E-state index in [1.165, 1.54) is 6.08 Å². The molecule has 36 heavy (non-hydrogen) atoms. The number of esters is 1. The zero-order valence-corrected chi connectivity index (χ0v) is 20.6. The molecule has 0 spiro atoms. The van der Waals surface area contributed by atoms with Crippen LogP contribution in [-0.2, 0) is 22.6 Å². The van der Waals surface area contributed by atoms with E-state index in [2.05, 4.69) is 26.2 Å². The number of piperazine rings is 1. The molecule has 0 saturated carbocycles. The predicted molar refractivity (Wildman–Crippen MR) is 141 cm³/mol. The number of pyridine rings is 1. The fourth-order valence-electron chi connectivity index (χ4n) is 4.09. The molecule has 186 valence electrons. The average Bonchev–Trinajstić information content (AvgIpc) is 2.92. The van der Waals surface area contributed by atoms with Gasteiger partial charge in [-0.3, -0.25) is 14.7 Å². The van der Waals surface area contributed by atoms with Gasteiger partial charge in [-0.1, -0.05) is 30.3 Å². The van der Waals surface area contributed by atoms with Crippen LogP contribution in [0.2, 0.25) is 0 Å². The van der Waals surface area contributed by atoms with E-state index in [1.54, 1.807) is 13.0 Å². The second-order valence-corrected chi connectivity index (χ2v) is 8.64. The van der Waals surface area contributed by atoms with Gasteiger partial charge in [0.15, 0.2) is 0 Å².